The van der Waals surface area contributed by atoms with Crippen molar-refractivity contribution >= 4 is 5.91 Å². The standard InChI is InChI=1S/C16H24N2O/c1-12-4-6-14(7-5-12)13(2)18-15(19)10-16(11-17)8-3-9-16/h4-7,13H,3,8-11,17H2,1-2H3,(H,18,19)/t13-/m1/s1. The Labute approximate surface area is 115 Å². The van der Waals surface area contributed by atoms with E-state index in [1.807, 2.05) is 6.92 Å². The highest BCUT2D eigenvalue weighted by Gasteiger charge is 2.37. The molecule has 0 aliphatic heterocycles. The van der Waals surface area contributed by atoms with Crippen LogP contribution in [0.1, 0.15) is 49.8 Å². The molecule has 1 amide bonds. The van der Waals surface area contributed by atoms with Gasteiger partial charge in [-0.05, 0) is 44.2 Å². The maximum absolute atomic E-state index is 12.1. The summed E-state index contributed by atoms with van der Waals surface area (Å²) < 4.78 is 0. The second-order valence-electron chi connectivity index (χ2n) is 5.93. The second-order valence-corrected chi connectivity index (χ2v) is 5.93. The minimum Gasteiger partial charge on any atom is -0.350 e. The van der Waals surface area contributed by atoms with E-state index in [0.717, 1.165) is 18.4 Å². The molecule has 0 heterocycles. The highest BCUT2D eigenvalue weighted by Crippen LogP contribution is 2.42. The van der Waals surface area contributed by atoms with Gasteiger partial charge in [-0.15, -0.1) is 0 Å². The molecule has 3 heteroatoms. The van der Waals surface area contributed by atoms with Crippen LogP contribution in [0.4, 0.5) is 0 Å². The largest absolute Gasteiger partial charge is 0.350 e. The van der Waals surface area contributed by atoms with Gasteiger partial charge in [0.1, 0.15) is 0 Å². The van der Waals surface area contributed by atoms with Crippen LogP contribution >= 0.6 is 0 Å². The molecule has 1 aromatic carbocycles. The van der Waals surface area contributed by atoms with Crippen molar-refractivity contribution in [1.29, 1.82) is 0 Å². The molecule has 3 N–H and O–H groups in total. The summed E-state index contributed by atoms with van der Waals surface area (Å²) in [7, 11) is 0. The fourth-order valence-corrected chi connectivity index (χ4v) is 2.70. The van der Waals surface area contributed by atoms with Crippen molar-refractivity contribution in [2.45, 2.75) is 45.6 Å². The van der Waals surface area contributed by atoms with Crippen LogP contribution < -0.4 is 11.1 Å². The van der Waals surface area contributed by atoms with E-state index < -0.39 is 0 Å². The molecular weight excluding hydrogens is 236 g/mol. The zero-order chi connectivity index (χ0) is 13.9. The zero-order valence-electron chi connectivity index (χ0n) is 11.9. The van der Waals surface area contributed by atoms with E-state index >= 15 is 0 Å². The first-order chi connectivity index (χ1) is 9.04. The van der Waals surface area contributed by atoms with Gasteiger partial charge in [-0.1, -0.05) is 36.2 Å². The summed E-state index contributed by atoms with van der Waals surface area (Å²) in [5.41, 5.74) is 8.26. The molecular formula is C16H24N2O. The minimum absolute atomic E-state index is 0.0583. The number of rotatable bonds is 5. The predicted octanol–water partition coefficient (Wildman–Crippen LogP) is 2.69. The highest BCUT2D eigenvalue weighted by molar-refractivity contribution is 5.77. The van der Waals surface area contributed by atoms with Crippen molar-refractivity contribution in [1.82, 2.24) is 5.32 Å². The number of aryl methyl sites for hydroxylation is 1. The lowest BCUT2D eigenvalue weighted by Crippen LogP contribution is -2.42. The topological polar surface area (TPSA) is 55.1 Å². The molecule has 1 aliphatic rings. The monoisotopic (exact) mass is 260 g/mol. The SMILES string of the molecule is Cc1ccc([C@@H](C)NC(=O)CC2(CN)CCC2)cc1. The lowest BCUT2D eigenvalue weighted by molar-refractivity contribution is -0.125. The number of carbonyl (C=O) groups is 1. The maximum atomic E-state index is 12.1. The Hall–Kier alpha value is -1.35. The number of amides is 1. The van der Waals surface area contributed by atoms with Gasteiger partial charge in [0.15, 0.2) is 0 Å². The normalized spacial score (nSPS) is 18.5. The number of hydrogen-bond donors (Lipinski definition) is 2. The lowest BCUT2D eigenvalue weighted by atomic mass is 9.66. The molecule has 0 spiro atoms. The quantitative estimate of drug-likeness (QED) is 0.855. The fraction of sp³-hybridized carbons (Fsp3) is 0.562. The van der Waals surface area contributed by atoms with E-state index in [2.05, 4.69) is 36.5 Å². The van der Waals surface area contributed by atoms with Crippen LogP contribution in [0.15, 0.2) is 24.3 Å². The summed E-state index contributed by atoms with van der Waals surface area (Å²) in [6.07, 6.45) is 3.96. The Morgan fingerprint density at radius 1 is 1.37 bits per heavy atom. The molecule has 0 aromatic heterocycles. The van der Waals surface area contributed by atoms with Gasteiger partial charge in [-0.2, -0.15) is 0 Å². The lowest BCUT2D eigenvalue weighted by Gasteiger charge is -2.40. The van der Waals surface area contributed by atoms with Crippen molar-refractivity contribution in [2.75, 3.05) is 6.54 Å². The van der Waals surface area contributed by atoms with Gasteiger partial charge < -0.3 is 11.1 Å². The smallest absolute Gasteiger partial charge is 0.221 e. The van der Waals surface area contributed by atoms with Gasteiger partial charge in [0.2, 0.25) is 5.91 Å². The number of hydrogen-bond acceptors (Lipinski definition) is 2. The third kappa shape index (κ3) is 3.35. The van der Waals surface area contributed by atoms with Crippen molar-refractivity contribution in [3.05, 3.63) is 35.4 Å². The van der Waals surface area contributed by atoms with Gasteiger partial charge in [0.05, 0.1) is 6.04 Å². The molecule has 1 aromatic rings. The van der Waals surface area contributed by atoms with Crippen LogP contribution in [0.3, 0.4) is 0 Å². The number of nitrogens with one attached hydrogen (secondary N) is 1. The summed E-state index contributed by atoms with van der Waals surface area (Å²) in [4.78, 5) is 12.1. The summed E-state index contributed by atoms with van der Waals surface area (Å²) in [5.74, 6) is 0.123. The third-order valence-corrected chi connectivity index (χ3v) is 4.34. The first-order valence-electron chi connectivity index (χ1n) is 7.11. The second kappa shape index (κ2) is 5.74. The average molecular weight is 260 g/mol. The number of carbonyl (C=O) groups excluding carboxylic acids is 1. The molecule has 19 heavy (non-hydrogen) atoms. The Balaban J connectivity index is 1.89. The Bertz CT molecular complexity index is 429. The van der Waals surface area contributed by atoms with E-state index in [1.54, 1.807) is 0 Å². The summed E-state index contributed by atoms with van der Waals surface area (Å²) >= 11 is 0. The Kier molecular flexibility index (Phi) is 4.25. The molecule has 0 unspecified atom stereocenters. The predicted molar refractivity (Wildman–Crippen MR) is 77.7 cm³/mol. The number of nitrogens with two attached hydrogens (primary N) is 1. The summed E-state index contributed by atoms with van der Waals surface area (Å²) in [6.45, 7) is 4.71. The van der Waals surface area contributed by atoms with Gasteiger partial charge in [0, 0.05) is 6.42 Å². The number of benzene rings is 1. The van der Waals surface area contributed by atoms with Crippen LogP contribution in [0.2, 0.25) is 0 Å². The van der Waals surface area contributed by atoms with Crippen LogP contribution in [0.25, 0.3) is 0 Å². The van der Waals surface area contributed by atoms with Gasteiger partial charge in [-0.25, -0.2) is 0 Å². The molecule has 104 valence electrons. The van der Waals surface area contributed by atoms with Gasteiger partial charge in [0.25, 0.3) is 0 Å². The van der Waals surface area contributed by atoms with Crippen molar-refractivity contribution in [3.63, 3.8) is 0 Å². The first kappa shape index (κ1) is 14.1. The van der Waals surface area contributed by atoms with E-state index in [1.165, 1.54) is 12.0 Å². The summed E-state index contributed by atoms with van der Waals surface area (Å²) in [6, 6.07) is 8.35. The first-order valence-corrected chi connectivity index (χ1v) is 7.11. The highest BCUT2D eigenvalue weighted by atomic mass is 16.1. The molecule has 2 rings (SSSR count). The summed E-state index contributed by atoms with van der Waals surface area (Å²) in [5, 5.41) is 3.08. The molecule has 1 fully saturated rings. The minimum atomic E-state index is 0.0583. The van der Waals surface area contributed by atoms with Crippen molar-refractivity contribution in [2.24, 2.45) is 11.1 Å². The molecule has 1 saturated carbocycles. The van der Waals surface area contributed by atoms with E-state index in [9.17, 15) is 4.79 Å². The molecule has 3 nitrogen and oxygen atoms in total. The maximum Gasteiger partial charge on any atom is 0.221 e. The van der Waals surface area contributed by atoms with E-state index in [4.69, 9.17) is 5.73 Å². The molecule has 0 saturated heterocycles. The molecule has 0 bridgehead atoms. The van der Waals surface area contributed by atoms with Crippen LogP contribution in [0, 0.1) is 12.3 Å². The van der Waals surface area contributed by atoms with Crippen LogP contribution in [-0.4, -0.2) is 12.5 Å². The van der Waals surface area contributed by atoms with Crippen molar-refractivity contribution in [3.8, 4) is 0 Å². The molecule has 0 radical (unpaired) electrons. The van der Waals surface area contributed by atoms with Gasteiger partial charge >= 0.3 is 0 Å². The molecule has 1 aliphatic carbocycles. The van der Waals surface area contributed by atoms with Crippen LogP contribution in [-0.2, 0) is 4.79 Å². The van der Waals surface area contributed by atoms with E-state index in [-0.39, 0.29) is 17.4 Å². The Morgan fingerprint density at radius 2 is 2.00 bits per heavy atom. The third-order valence-electron chi connectivity index (χ3n) is 4.34. The Morgan fingerprint density at radius 3 is 2.47 bits per heavy atom. The fourth-order valence-electron chi connectivity index (χ4n) is 2.70. The van der Waals surface area contributed by atoms with Crippen molar-refractivity contribution < 1.29 is 4.79 Å². The zero-order valence-corrected chi connectivity index (χ0v) is 11.9. The van der Waals surface area contributed by atoms with Gasteiger partial charge in [-0.3, -0.25) is 4.79 Å². The molecule has 1 atom stereocenters. The van der Waals surface area contributed by atoms with E-state index in [0.29, 0.717) is 13.0 Å². The average Bonchev–Trinajstić information content (AvgIpc) is 2.34. The van der Waals surface area contributed by atoms with Crippen LogP contribution in [0.5, 0.6) is 0 Å².